The van der Waals surface area contributed by atoms with Crippen LogP contribution in [0.1, 0.15) is 31.0 Å². The van der Waals surface area contributed by atoms with Crippen LogP contribution >= 0.6 is 0 Å². The third-order valence-corrected chi connectivity index (χ3v) is 4.15. The second-order valence-corrected chi connectivity index (χ2v) is 5.31. The van der Waals surface area contributed by atoms with Crippen molar-refractivity contribution < 1.29 is 14.3 Å². The standard InChI is InChI=1S/C15H20N2O3/c1-19-11-7-10(8-12(9-11)20-2)14-16-15(18)13-5-3-4-6-17(13)14/h7-9,13-14H,3-6H2,1-2H3,(H,16,18). The molecule has 2 fully saturated rings. The second kappa shape index (κ2) is 5.32. The lowest BCUT2D eigenvalue weighted by Crippen LogP contribution is -2.38. The van der Waals surface area contributed by atoms with Gasteiger partial charge in [-0.3, -0.25) is 9.69 Å². The Hall–Kier alpha value is -1.75. The van der Waals surface area contributed by atoms with Crippen molar-refractivity contribution in [2.24, 2.45) is 0 Å². The fourth-order valence-corrected chi connectivity index (χ4v) is 3.12. The van der Waals surface area contributed by atoms with Gasteiger partial charge < -0.3 is 14.8 Å². The molecule has 2 unspecified atom stereocenters. The molecule has 2 aliphatic heterocycles. The minimum absolute atomic E-state index is 0.0194. The molecule has 2 aliphatic rings. The van der Waals surface area contributed by atoms with Crippen LogP contribution in [0.25, 0.3) is 0 Å². The van der Waals surface area contributed by atoms with Crippen molar-refractivity contribution >= 4 is 5.91 Å². The van der Waals surface area contributed by atoms with E-state index in [9.17, 15) is 4.79 Å². The predicted octanol–water partition coefficient (Wildman–Crippen LogP) is 1.69. The fourth-order valence-electron chi connectivity index (χ4n) is 3.12. The Morgan fingerprint density at radius 3 is 2.50 bits per heavy atom. The van der Waals surface area contributed by atoms with Crippen LogP contribution < -0.4 is 14.8 Å². The van der Waals surface area contributed by atoms with Gasteiger partial charge in [0, 0.05) is 12.6 Å². The van der Waals surface area contributed by atoms with E-state index in [1.165, 1.54) is 0 Å². The minimum atomic E-state index is -0.0724. The quantitative estimate of drug-likeness (QED) is 0.912. The maximum absolute atomic E-state index is 12.1. The van der Waals surface area contributed by atoms with Crippen LogP contribution in [0.15, 0.2) is 18.2 Å². The van der Waals surface area contributed by atoms with Crippen molar-refractivity contribution in [2.45, 2.75) is 31.5 Å². The molecular formula is C15H20N2O3. The van der Waals surface area contributed by atoms with Crippen LogP contribution in [0.4, 0.5) is 0 Å². The Kier molecular flexibility index (Phi) is 3.53. The van der Waals surface area contributed by atoms with E-state index < -0.39 is 0 Å². The molecule has 108 valence electrons. The largest absolute Gasteiger partial charge is 0.497 e. The number of rotatable bonds is 3. The number of fused-ring (bicyclic) bond motifs is 1. The molecule has 0 bridgehead atoms. The molecule has 2 atom stereocenters. The van der Waals surface area contributed by atoms with Gasteiger partial charge in [0.2, 0.25) is 5.91 Å². The number of ether oxygens (including phenoxy) is 2. The monoisotopic (exact) mass is 276 g/mol. The summed E-state index contributed by atoms with van der Waals surface area (Å²) in [6.45, 7) is 0.952. The molecular weight excluding hydrogens is 256 g/mol. The van der Waals surface area contributed by atoms with Crippen molar-refractivity contribution in [1.82, 2.24) is 10.2 Å². The molecule has 5 heteroatoms. The van der Waals surface area contributed by atoms with Gasteiger partial charge in [-0.2, -0.15) is 0 Å². The SMILES string of the molecule is COc1cc(OC)cc(C2NC(=O)C3CCCCN32)c1. The normalized spacial score (nSPS) is 26.0. The summed E-state index contributed by atoms with van der Waals surface area (Å²) >= 11 is 0. The van der Waals surface area contributed by atoms with Gasteiger partial charge in [0.25, 0.3) is 0 Å². The van der Waals surface area contributed by atoms with E-state index >= 15 is 0 Å². The summed E-state index contributed by atoms with van der Waals surface area (Å²) in [6, 6.07) is 5.79. The molecule has 0 saturated carbocycles. The number of piperidine rings is 1. The maximum atomic E-state index is 12.1. The van der Waals surface area contributed by atoms with Gasteiger partial charge in [0.15, 0.2) is 0 Å². The lowest BCUT2D eigenvalue weighted by molar-refractivity contribution is -0.122. The molecule has 2 saturated heterocycles. The highest BCUT2D eigenvalue weighted by Gasteiger charge is 2.41. The topological polar surface area (TPSA) is 50.8 Å². The molecule has 1 aromatic rings. The zero-order valence-corrected chi connectivity index (χ0v) is 11.9. The predicted molar refractivity (Wildman–Crippen MR) is 74.8 cm³/mol. The van der Waals surface area contributed by atoms with Gasteiger partial charge >= 0.3 is 0 Å². The number of amides is 1. The Morgan fingerprint density at radius 1 is 1.15 bits per heavy atom. The smallest absolute Gasteiger partial charge is 0.238 e. The van der Waals surface area contributed by atoms with Crippen LogP contribution in [0, 0.1) is 0 Å². The van der Waals surface area contributed by atoms with Crippen LogP contribution in [0.5, 0.6) is 11.5 Å². The number of nitrogens with zero attached hydrogens (tertiary/aromatic N) is 1. The van der Waals surface area contributed by atoms with E-state index in [4.69, 9.17) is 9.47 Å². The first-order chi connectivity index (χ1) is 9.72. The molecule has 0 aromatic heterocycles. The number of nitrogens with one attached hydrogen (secondary N) is 1. The fraction of sp³-hybridized carbons (Fsp3) is 0.533. The molecule has 0 spiro atoms. The number of hydrogen-bond donors (Lipinski definition) is 1. The van der Waals surface area contributed by atoms with E-state index in [2.05, 4.69) is 10.2 Å². The van der Waals surface area contributed by atoms with E-state index in [1.807, 2.05) is 18.2 Å². The number of carbonyl (C=O) groups is 1. The van der Waals surface area contributed by atoms with Gasteiger partial charge in [0.05, 0.1) is 20.3 Å². The summed E-state index contributed by atoms with van der Waals surface area (Å²) < 4.78 is 10.6. The first-order valence-corrected chi connectivity index (χ1v) is 7.02. The van der Waals surface area contributed by atoms with E-state index in [0.717, 1.165) is 42.9 Å². The van der Waals surface area contributed by atoms with E-state index in [0.29, 0.717) is 0 Å². The molecule has 2 heterocycles. The van der Waals surface area contributed by atoms with E-state index in [1.54, 1.807) is 14.2 Å². The number of benzene rings is 1. The molecule has 20 heavy (non-hydrogen) atoms. The second-order valence-electron chi connectivity index (χ2n) is 5.31. The molecule has 3 rings (SSSR count). The third kappa shape index (κ3) is 2.22. The lowest BCUT2D eigenvalue weighted by atomic mass is 10.0. The highest BCUT2D eigenvalue weighted by molar-refractivity contribution is 5.84. The van der Waals surface area contributed by atoms with Crippen LogP contribution in [-0.4, -0.2) is 37.6 Å². The summed E-state index contributed by atoms with van der Waals surface area (Å²) in [5.41, 5.74) is 1.01. The summed E-state index contributed by atoms with van der Waals surface area (Å²) in [7, 11) is 3.27. The van der Waals surface area contributed by atoms with Gasteiger partial charge in [-0.05, 0) is 30.5 Å². The molecule has 0 aliphatic carbocycles. The molecule has 1 N–H and O–H groups in total. The Labute approximate surface area is 118 Å². The number of methoxy groups -OCH3 is 2. The van der Waals surface area contributed by atoms with Gasteiger partial charge in [0.1, 0.15) is 17.7 Å². The summed E-state index contributed by atoms with van der Waals surface area (Å²) in [5.74, 6) is 1.62. The van der Waals surface area contributed by atoms with E-state index in [-0.39, 0.29) is 18.1 Å². The van der Waals surface area contributed by atoms with Crippen molar-refractivity contribution in [3.8, 4) is 11.5 Å². The van der Waals surface area contributed by atoms with Gasteiger partial charge in [-0.15, -0.1) is 0 Å². The average Bonchev–Trinajstić information content (AvgIpc) is 2.84. The van der Waals surface area contributed by atoms with Crippen LogP contribution in [0.2, 0.25) is 0 Å². The van der Waals surface area contributed by atoms with Crippen molar-refractivity contribution in [3.63, 3.8) is 0 Å². The summed E-state index contributed by atoms with van der Waals surface area (Å²) in [5, 5.41) is 3.09. The van der Waals surface area contributed by atoms with Gasteiger partial charge in [-0.1, -0.05) is 6.42 Å². The van der Waals surface area contributed by atoms with Crippen molar-refractivity contribution in [3.05, 3.63) is 23.8 Å². The van der Waals surface area contributed by atoms with Crippen molar-refractivity contribution in [2.75, 3.05) is 20.8 Å². The van der Waals surface area contributed by atoms with Gasteiger partial charge in [-0.25, -0.2) is 0 Å². The average molecular weight is 276 g/mol. The Bertz CT molecular complexity index is 496. The molecule has 1 aromatic carbocycles. The highest BCUT2D eigenvalue weighted by Crippen LogP contribution is 2.35. The highest BCUT2D eigenvalue weighted by atomic mass is 16.5. The van der Waals surface area contributed by atoms with Crippen LogP contribution in [0.3, 0.4) is 0 Å². The molecule has 0 radical (unpaired) electrons. The zero-order valence-electron chi connectivity index (χ0n) is 11.9. The lowest BCUT2D eigenvalue weighted by Gasteiger charge is -2.31. The molecule has 5 nitrogen and oxygen atoms in total. The molecule has 1 amide bonds. The Balaban J connectivity index is 1.94. The first kappa shape index (κ1) is 13.2. The first-order valence-electron chi connectivity index (χ1n) is 7.02. The summed E-state index contributed by atoms with van der Waals surface area (Å²) in [4.78, 5) is 14.3. The zero-order chi connectivity index (χ0) is 14.1. The van der Waals surface area contributed by atoms with Crippen molar-refractivity contribution in [1.29, 1.82) is 0 Å². The number of hydrogen-bond acceptors (Lipinski definition) is 4. The van der Waals surface area contributed by atoms with Crippen LogP contribution in [-0.2, 0) is 4.79 Å². The Morgan fingerprint density at radius 2 is 1.85 bits per heavy atom. The minimum Gasteiger partial charge on any atom is -0.497 e. The number of carbonyl (C=O) groups excluding carboxylic acids is 1. The maximum Gasteiger partial charge on any atom is 0.238 e. The third-order valence-electron chi connectivity index (χ3n) is 4.15. The summed E-state index contributed by atoms with van der Waals surface area (Å²) in [6.07, 6.45) is 3.15.